The third-order valence-electron chi connectivity index (χ3n) is 5.47. The molecule has 0 saturated heterocycles. The van der Waals surface area contributed by atoms with Crippen LogP contribution >= 0.6 is 0 Å². The molecule has 0 rings (SSSR count). The van der Waals surface area contributed by atoms with Crippen LogP contribution in [0.25, 0.3) is 0 Å². The fourth-order valence-electron chi connectivity index (χ4n) is 0. The maximum atomic E-state index is 10.7. The van der Waals surface area contributed by atoms with E-state index in [0.717, 1.165) is 10.6 Å². The summed E-state index contributed by atoms with van der Waals surface area (Å²) in [5.74, 6) is 0. The lowest BCUT2D eigenvalue weighted by Gasteiger charge is -2.14. The minimum atomic E-state index is -2.91. The average molecular weight is 758 g/mol. The highest BCUT2D eigenvalue weighted by Gasteiger charge is 2.23. The fraction of sp³-hybridized carbons (Fsp3) is 1.00. The molecule has 0 aliphatic rings. The van der Waals surface area contributed by atoms with Crippen LogP contribution in [0, 0.1) is 0 Å². The second kappa shape index (κ2) is 21.1. The number of nitrogens with zero attached hydrogens (tertiary/aromatic N) is 1. The maximum Gasteiger partial charge on any atom is 0.210 e. The quantitative estimate of drug-likeness (QED) is 0.402. The van der Waals surface area contributed by atoms with Gasteiger partial charge in [0.1, 0.15) is 9.84 Å². The van der Waals surface area contributed by atoms with E-state index in [4.69, 9.17) is 0 Å². The fourth-order valence-corrected chi connectivity index (χ4v) is 0. The van der Waals surface area contributed by atoms with E-state index < -0.39 is 70.6 Å². The highest BCUT2D eigenvalue weighted by molar-refractivity contribution is 7.92. The molecule has 0 aromatic heterocycles. The Kier molecular flexibility index (Phi) is 27.1. The Morgan fingerprint density at radius 1 is 0.500 bits per heavy atom. The van der Waals surface area contributed by atoms with E-state index in [1.54, 1.807) is 67.9 Å². The molecule has 0 fully saturated rings. The van der Waals surface area contributed by atoms with Crippen molar-refractivity contribution >= 4 is 61.1 Å². The minimum absolute atomic E-state index is 0.0278. The van der Waals surface area contributed by atoms with Crippen molar-refractivity contribution in [2.45, 2.75) is 121 Å². The zero-order valence-corrected chi connectivity index (χ0v) is 36.5. The lowest BCUT2D eigenvalue weighted by atomic mass is 10.3. The van der Waals surface area contributed by atoms with Crippen LogP contribution in [0.1, 0.15) is 96.9 Å². The Morgan fingerprint density at radius 2 is 0.591 bits per heavy atom. The normalized spacial score (nSPS) is 14.4. The molecule has 276 valence electrons. The van der Waals surface area contributed by atoms with Gasteiger partial charge < -0.3 is 0 Å². The van der Waals surface area contributed by atoms with Crippen molar-refractivity contribution in [2.24, 2.45) is 0 Å². The van der Waals surface area contributed by atoms with Crippen LogP contribution in [0.3, 0.4) is 0 Å². The first kappa shape index (κ1) is 56.4. The van der Waals surface area contributed by atoms with Gasteiger partial charge in [-0.2, -0.15) is 0 Å². The zero-order chi connectivity index (χ0) is 38.3. The minimum Gasteiger partial charge on any atom is -0.259 e. The van der Waals surface area contributed by atoms with Gasteiger partial charge in [-0.05, 0) is 96.9 Å². The molecule has 0 amide bonds. The molecule has 44 heavy (non-hydrogen) atoms. The van der Waals surface area contributed by atoms with Gasteiger partial charge in [0.15, 0.2) is 19.7 Å². The molecule has 0 heterocycles. The molecule has 2 unspecified atom stereocenters. The smallest absolute Gasteiger partial charge is 0.210 e. The molecule has 0 aromatic carbocycles. The monoisotopic (exact) mass is 757 g/mol. The summed E-state index contributed by atoms with van der Waals surface area (Å²) in [6, 6.07) is 0. The molecule has 0 N–H and O–H groups in total. The van der Waals surface area contributed by atoms with Crippen LogP contribution in [0.2, 0.25) is 0 Å². The first-order valence-electron chi connectivity index (χ1n) is 13.4. The van der Waals surface area contributed by atoms with Crippen LogP contribution < -0.4 is 0 Å². The Hall–Kier alpha value is 0.0600. The van der Waals surface area contributed by atoms with Crippen molar-refractivity contribution < 1.29 is 42.1 Å². The molecule has 0 aromatic rings. The summed E-state index contributed by atoms with van der Waals surface area (Å²) in [5, 5.41) is -0.229. The molecule has 0 saturated carbocycles. The highest BCUT2D eigenvalue weighted by Crippen LogP contribution is 2.12. The van der Waals surface area contributed by atoms with Gasteiger partial charge in [-0.1, -0.05) is 0 Å². The SMILES string of the molecule is CC(C)(C)S(C)(=O)=O.CC(C)(C)S(C)(=O)=O.CC(C)S(C)(=O)=O.CN(C)S(C)(=O)=O.CS(=O)C(C)(C)C.CS(=O)C(C)(C)C. The van der Waals surface area contributed by atoms with Gasteiger partial charge in [0.2, 0.25) is 10.0 Å². The zero-order valence-electron chi connectivity index (χ0n) is 31.6. The van der Waals surface area contributed by atoms with E-state index in [0.29, 0.717) is 0 Å². The highest BCUT2D eigenvalue weighted by atomic mass is 32.2. The summed E-state index contributed by atoms with van der Waals surface area (Å²) in [6.07, 6.45) is 8.32. The topological polar surface area (TPSA) is 174 Å². The largest absolute Gasteiger partial charge is 0.259 e. The maximum absolute atomic E-state index is 10.7. The van der Waals surface area contributed by atoms with E-state index >= 15 is 0 Å². The summed E-state index contributed by atoms with van der Waals surface area (Å²) in [7, 11) is -9.70. The molecule has 2 atom stereocenters. The molecule has 11 nitrogen and oxygen atoms in total. The Bertz CT molecular complexity index is 1170. The molecule has 0 bridgehead atoms. The van der Waals surface area contributed by atoms with Gasteiger partial charge in [0, 0.05) is 76.5 Å². The third-order valence-corrected chi connectivity index (χ3v) is 16.4. The van der Waals surface area contributed by atoms with Crippen LogP contribution in [-0.2, 0) is 61.1 Å². The number of hydrogen-bond acceptors (Lipinski definition) is 10. The van der Waals surface area contributed by atoms with Gasteiger partial charge in [0.05, 0.1) is 21.0 Å². The van der Waals surface area contributed by atoms with Crippen molar-refractivity contribution in [3.8, 4) is 0 Å². The van der Waals surface area contributed by atoms with Gasteiger partial charge >= 0.3 is 0 Å². The van der Waals surface area contributed by atoms with Crippen molar-refractivity contribution in [1.82, 2.24) is 4.31 Å². The number of hydrogen-bond donors (Lipinski definition) is 0. The van der Waals surface area contributed by atoms with Crippen molar-refractivity contribution in [3.63, 3.8) is 0 Å². The molecule has 0 aliphatic carbocycles. The van der Waals surface area contributed by atoms with Crippen LogP contribution in [0.4, 0.5) is 0 Å². The number of rotatable bonds is 2. The molecule has 0 spiro atoms. The van der Waals surface area contributed by atoms with Crippen LogP contribution in [0.5, 0.6) is 0 Å². The molecular weight excluding hydrogens is 691 g/mol. The summed E-state index contributed by atoms with van der Waals surface area (Å²) in [5.41, 5.74) is 0. The van der Waals surface area contributed by atoms with E-state index in [-0.39, 0.29) is 14.7 Å². The second-order valence-electron chi connectivity index (χ2n) is 14.3. The van der Waals surface area contributed by atoms with Gasteiger partial charge in [-0.15, -0.1) is 0 Å². The van der Waals surface area contributed by atoms with Crippen LogP contribution in [-0.4, -0.2) is 122 Å². The van der Waals surface area contributed by atoms with Gasteiger partial charge in [-0.3, -0.25) is 8.42 Å². The second-order valence-corrected chi connectivity index (χ2v) is 28.9. The van der Waals surface area contributed by atoms with Gasteiger partial charge in [0.25, 0.3) is 0 Å². The number of sulfonamides is 1. The first-order valence-corrected chi connectivity index (χ1v) is 24.1. The summed E-state index contributed by atoms with van der Waals surface area (Å²) in [4.78, 5) is 0. The Balaban J connectivity index is -0.0000000986. The molecule has 17 heteroatoms. The first-order chi connectivity index (χ1) is 18.3. The lowest BCUT2D eigenvalue weighted by molar-refractivity contribution is 0.527. The number of sulfone groups is 3. The predicted octanol–water partition coefficient (Wildman–Crippen LogP) is 3.93. The van der Waals surface area contributed by atoms with Gasteiger partial charge in [-0.25, -0.2) is 38.0 Å². The summed E-state index contributed by atoms with van der Waals surface area (Å²) in [6.45, 7) is 25.2. The Labute approximate surface area is 278 Å². The van der Waals surface area contributed by atoms with Crippen molar-refractivity contribution in [3.05, 3.63) is 0 Å². The average Bonchev–Trinajstić information content (AvgIpc) is 2.64. The van der Waals surface area contributed by atoms with E-state index in [2.05, 4.69) is 0 Å². The third kappa shape index (κ3) is 40.1. The van der Waals surface area contributed by atoms with E-state index in [1.807, 2.05) is 41.5 Å². The van der Waals surface area contributed by atoms with E-state index in [1.165, 1.54) is 32.9 Å². The summed E-state index contributed by atoms with van der Waals surface area (Å²) < 4.78 is 105. The molecular formula is C27H67NO10S6. The Morgan fingerprint density at radius 3 is 0.591 bits per heavy atom. The summed E-state index contributed by atoms with van der Waals surface area (Å²) >= 11 is 0. The van der Waals surface area contributed by atoms with Crippen molar-refractivity contribution in [2.75, 3.05) is 51.6 Å². The van der Waals surface area contributed by atoms with E-state index in [9.17, 15) is 42.1 Å². The molecule has 0 radical (unpaired) electrons. The standard InChI is InChI=1S/2C5H12O2S.2C5H12OS.C4H10O2S.C3H9NO2S/c2*1-5(2,3)8(4,6)7;2*1-5(2,3)7(4)6;2*1-4(2)7(3,5)6/h2*1-4H3;2*1-4H3;4H,1-3H3;1-3H3. The predicted molar refractivity (Wildman–Crippen MR) is 195 cm³/mol. The molecule has 0 aliphatic heterocycles. The lowest BCUT2D eigenvalue weighted by Crippen LogP contribution is -2.26. The van der Waals surface area contributed by atoms with Crippen LogP contribution in [0.15, 0.2) is 0 Å². The van der Waals surface area contributed by atoms with Crippen molar-refractivity contribution in [1.29, 1.82) is 0 Å².